The van der Waals surface area contributed by atoms with Crippen LogP contribution in [0.15, 0.2) is 42.6 Å². The van der Waals surface area contributed by atoms with Crippen LogP contribution in [0.25, 0.3) is 0 Å². The Labute approximate surface area is 146 Å². The van der Waals surface area contributed by atoms with Crippen LogP contribution in [-0.2, 0) is 13.1 Å². The molecule has 1 unspecified atom stereocenters. The van der Waals surface area contributed by atoms with Crippen molar-refractivity contribution < 1.29 is 0 Å². The second-order valence-corrected chi connectivity index (χ2v) is 7.23. The van der Waals surface area contributed by atoms with Crippen LogP contribution in [0.4, 0.5) is 0 Å². The van der Waals surface area contributed by atoms with Crippen LogP contribution in [0.2, 0.25) is 0 Å². The first kappa shape index (κ1) is 17.1. The third kappa shape index (κ3) is 4.22. The summed E-state index contributed by atoms with van der Waals surface area (Å²) in [4.78, 5) is 9.43. The van der Waals surface area contributed by atoms with E-state index in [2.05, 4.69) is 66.1 Å². The van der Waals surface area contributed by atoms with Crippen LogP contribution in [0.1, 0.15) is 47.7 Å². The van der Waals surface area contributed by atoms with Crippen LogP contribution >= 0.6 is 0 Å². The van der Waals surface area contributed by atoms with Gasteiger partial charge in [0.1, 0.15) is 0 Å². The molecule has 0 N–H and O–H groups in total. The molecule has 0 radical (unpaired) electrons. The first-order valence-electron chi connectivity index (χ1n) is 9.01. The normalized spacial score (nSPS) is 18.9. The Kier molecular flexibility index (Phi) is 5.64. The first-order chi connectivity index (χ1) is 11.6. The molecule has 3 nitrogen and oxygen atoms in total. The topological polar surface area (TPSA) is 19.4 Å². The fourth-order valence-corrected chi connectivity index (χ4v) is 3.64. The smallest absolute Gasteiger partial charge is 0.0573 e. The van der Waals surface area contributed by atoms with Gasteiger partial charge in [-0.05, 0) is 63.2 Å². The van der Waals surface area contributed by atoms with E-state index in [1.165, 1.54) is 48.2 Å². The zero-order chi connectivity index (χ0) is 16.9. The molecule has 1 fully saturated rings. The summed E-state index contributed by atoms with van der Waals surface area (Å²) in [5.74, 6) is 0. The molecule has 1 saturated heterocycles. The van der Waals surface area contributed by atoms with Crippen molar-refractivity contribution in [2.75, 3.05) is 20.6 Å². The van der Waals surface area contributed by atoms with Crippen LogP contribution in [0, 0.1) is 6.92 Å². The van der Waals surface area contributed by atoms with Gasteiger partial charge in [0.25, 0.3) is 0 Å². The molecule has 1 aliphatic heterocycles. The van der Waals surface area contributed by atoms with Crippen molar-refractivity contribution in [3.8, 4) is 0 Å². The molecular weight excluding hydrogens is 294 g/mol. The summed E-state index contributed by atoms with van der Waals surface area (Å²) in [6.45, 7) is 5.29. The van der Waals surface area contributed by atoms with E-state index in [0.29, 0.717) is 6.04 Å². The number of piperidine rings is 1. The van der Waals surface area contributed by atoms with Crippen molar-refractivity contribution >= 4 is 0 Å². The Morgan fingerprint density at radius 1 is 1.12 bits per heavy atom. The van der Waals surface area contributed by atoms with E-state index in [4.69, 9.17) is 0 Å². The number of benzene rings is 1. The van der Waals surface area contributed by atoms with Gasteiger partial charge in [-0.2, -0.15) is 0 Å². The second-order valence-electron chi connectivity index (χ2n) is 7.23. The molecule has 1 aromatic carbocycles. The molecule has 0 saturated carbocycles. The van der Waals surface area contributed by atoms with Gasteiger partial charge in [0.05, 0.1) is 5.69 Å². The zero-order valence-electron chi connectivity index (χ0n) is 15.2. The minimum atomic E-state index is 0.522. The van der Waals surface area contributed by atoms with Gasteiger partial charge in [-0.1, -0.05) is 36.8 Å². The zero-order valence-corrected chi connectivity index (χ0v) is 15.2. The largest absolute Gasteiger partial charge is 0.305 e. The highest BCUT2D eigenvalue weighted by molar-refractivity contribution is 5.26. The van der Waals surface area contributed by atoms with E-state index >= 15 is 0 Å². The number of hydrogen-bond donors (Lipinski definition) is 0. The number of hydrogen-bond acceptors (Lipinski definition) is 3. The van der Waals surface area contributed by atoms with Gasteiger partial charge >= 0.3 is 0 Å². The lowest BCUT2D eigenvalue weighted by Crippen LogP contribution is -2.33. The van der Waals surface area contributed by atoms with Crippen molar-refractivity contribution in [3.63, 3.8) is 0 Å². The van der Waals surface area contributed by atoms with Crippen molar-refractivity contribution in [3.05, 3.63) is 65.0 Å². The summed E-state index contributed by atoms with van der Waals surface area (Å²) in [5.41, 5.74) is 5.34. The molecule has 0 amide bonds. The molecular formula is C21H29N3. The Morgan fingerprint density at radius 2 is 1.92 bits per heavy atom. The summed E-state index contributed by atoms with van der Waals surface area (Å²) < 4.78 is 0. The Balaban J connectivity index is 1.75. The lowest BCUT2D eigenvalue weighted by Gasteiger charge is -2.36. The molecule has 0 bridgehead atoms. The average Bonchev–Trinajstić information content (AvgIpc) is 2.58. The van der Waals surface area contributed by atoms with Crippen LogP contribution in [0.3, 0.4) is 0 Å². The van der Waals surface area contributed by atoms with Gasteiger partial charge in [0, 0.05) is 25.3 Å². The SMILES string of the molecule is Cc1cccnc1CN1CCCCC1c1ccc(CN(C)C)cc1. The number of aromatic nitrogens is 1. The second kappa shape index (κ2) is 7.91. The van der Waals surface area contributed by atoms with Crippen LogP contribution in [0.5, 0.6) is 0 Å². The predicted octanol–water partition coefficient (Wildman–Crippen LogP) is 4.18. The fraction of sp³-hybridized carbons (Fsp3) is 0.476. The Morgan fingerprint density at radius 3 is 2.62 bits per heavy atom. The maximum Gasteiger partial charge on any atom is 0.0573 e. The van der Waals surface area contributed by atoms with Crippen LogP contribution < -0.4 is 0 Å². The van der Waals surface area contributed by atoms with E-state index in [1.54, 1.807) is 0 Å². The molecule has 2 aromatic rings. The minimum Gasteiger partial charge on any atom is -0.305 e. The highest BCUT2D eigenvalue weighted by atomic mass is 15.2. The van der Waals surface area contributed by atoms with E-state index in [9.17, 15) is 0 Å². The Hall–Kier alpha value is -1.71. The number of nitrogens with zero attached hydrogens (tertiary/aromatic N) is 3. The van der Waals surface area contributed by atoms with Gasteiger partial charge in [-0.25, -0.2) is 0 Å². The van der Waals surface area contributed by atoms with Crippen molar-refractivity contribution in [2.45, 2.75) is 45.3 Å². The van der Waals surface area contributed by atoms with E-state index in [-0.39, 0.29) is 0 Å². The third-order valence-electron chi connectivity index (χ3n) is 4.95. The standard InChI is InChI=1S/C21H29N3/c1-17-7-6-13-22-20(17)16-24-14-5-4-8-21(24)19-11-9-18(10-12-19)15-23(2)3/h6-7,9-13,21H,4-5,8,14-16H2,1-3H3. The maximum atomic E-state index is 4.60. The molecule has 3 heteroatoms. The first-order valence-corrected chi connectivity index (χ1v) is 9.01. The molecule has 2 heterocycles. The maximum absolute atomic E-state index is 4.60. The van der Waals surface area contributed by atoms with E-state index in [1.807, 2.05) is 12.3 Å². The Bertz CT molecular complexity index is 648. The molecule has 24 heavy (non-hydrogen) atoms. The van der Waals surface area contributed by atoms with E-state index in [0.717, 1.165) is 13.1 Å². The van der Waals surface area contributed by atoms with Crippen LogP contribution in [-0.4, -0.2) is 35.4 Å². The summed E-state index contributed by atoms with van der Waals surface area (Å²) in [6.07, 6.45) is 5.78. The molecule has 0 aliphatic carbocycles. The predicted molar refractivity (Wildman–Crippen MR) is 99.8 cm³/mol. The molecule has 1 aliphatic rings. The summed E-state index contributed by atoms with van der Waals surface area (Å²) in [6, 6.07) is 13.9. The van der Waals surface area contributed by atoms with Gasteiger partial charge < -0.3 is 4.90 Å². The van der Waals surface area contributed by atoms with Crippen molar-refractivity contribution in [1.82, 2.24) is 14.8 Å². The van der Waals surface area contributed by atoms with E-state index < -0.39 is 0 Å². The quantitative estimate of drug-likeness (QED) is 0.823. The van der Waals surface area contributed by atoms with Gasteiger partial charge in [-0.15, -0.1) is 0 Å². The molecule has 0 spiro atoms. The summed E-state index contributed by atoms with van der Waals surface area (Å²) in [5, 5.41) is 0. The van der Waals surface area contributed by atoms with Gasteiger partial charge in [0.15, 0.2) is 0 Å². The highest BCUT2D eigenvalue weighted by Crippen LogP contribution is 2.32. The fourth-order valence-electron chi connectivity index (χ4n) is 3.64. The lowest BCUT2D eigenvalue weighted by molar-refractivity contribution is 0.138. The number of likely N-dealkylation sites (tertiary alicyclic amines) is 1. The summed E-state index contributed by atoms with van der Waals surface area (Å²) in [7, 11) is 4.23. The molecule has 1 atom stereocenters. The minimum absolute atomic E-state index is 0.522. The van der Waals surface area contributed by atoms with Crippen molar-refractivity contribution in [2.24, 2.45) is 0 Å². The van der Waals surface area contributed by atoms with Crippen molar-refractivity contribution in [1.29, 1.82) is 0 Å². The van der Waals surface area contributed by atoms with Gasteiger partial charge in [-0.3, -0.25) is 9.88 Å². The average molecular weight is 323 g/mol. The molecule has 128 valence electrons. The number of rotatable bonds is 5. The monoisotopic (exact) mass is 323 g/mol. The lowest BCUT2D eigenvalue weighted by atomic mass is 9.94. The molecule has 3 rings (SSSR count). The summed E-state index contributed by atoms with van der Waals surface area (Å²) >= 11 is 0. The highest BCUT2D eigenvalue weighted by Gasteiger charge is 2.24. The van der Waals surface area contributed by atoms with Gasteiger partial charge in [0.2, 0.25) is 0 Å². The number of aryl methyl sites for hydroxylation is 1. The number of pyridine rings is 1. The third-order valence-corrected chi connectivity index (χ3v) is 4.95. The molecule has 1 aromatic heterocycles.